The highest BCUT2D eigenvalue weighted by Crippen LogP contribution is 2.13. The molecule has 2 N–H and O–H groups in total. The Balaban J connectivity index is 2.04. The van der Waals surface area contributed by atoms with Crippen molar-refractivity contribution >= 4 is 5.82 Å². The van der Waals surface area contributed by atoms with Gasteiger partial charge in [0.1, 0.15) is 23.8 Å². The predicted molar refractivity (Wildman–Crippen MR) is 61.6 cm³/mol. The molecule has 7 heteroatoms. The highest BCUT2D eigenvalue weighted by Gasteiger charge is 2.03. The molecular weight excluding hydrogens is 220 g/mol. The summed E-state index contributed by atoms with van der Waals surface area (Å²) >= 11 is 0. The molecule has 0 saturated heterocycles. The van der Waals surface area contributed by atoms with E-state index in [1.807, 2.05) is 13.8 Å². The van der Waals surface area contributed by atoms with E-state index in [4.69, 9.17) is 4.74 Å². The Labute approximate surface area is 98.7 Å². The highest BCUT2D eigenvalue weighted by molar-refractivity contribution is 5.38. The van der Waals surface area contributed by atoms with Crippen molar-refractivity contribution in [1.29, 1.82) is 0 Å². The van der Waals surface area contributed by atoms with E-state index >= 15 is 0 Å². The van der Waals surface area contributed by atoms with Crippen molar-refractivity contribution in [2.45, 2.75) is 20.4 Å². The number of hydrogen-bond acceptors (Lipinski definition) is 6. The molecule has 2 heterocycles. The molecule has 0 radical (unpaired) electrons. The molecule has 0 amide bonds. The minimum atomic E-state index is 0.530. The molecule has 17 heavy (non-hydrogen) atoms. The lowest BCUT2D eigenvalue weighted by atomic mass is 10.5. The summed E-state index contributed by atoms with van der Waals surface area (Å²) in [4.78, 5) is 12.4. The minimum Gasteiger partial charge on any atom is -0.478 e. The van der Waals surface area contributed by atoms with Crippen molar-refractivity contribution in [2.24, 2.45) is 0 Å². The van der Waals surface area contributed by atoms with Crippen LogP contribution in [0.25, 0.3) is 0 Å². The molecule has 0 spiro atoms. The summed E-state index contributed by atoms with van der Waals surface area (Å²) in [6.07, 6.45) is 1.47. The lowest BCUT2D eigenvalue weighted by Crippen LogP contribution is -2.06. The number of aryl methyl sites for hydroxylation is 1. The van der Waals surface area contributed by atoms with E-state index in [2.05, 4.69) is 30.5 Å². The fourth-order valence-corrected chi connectivity index (χ4v) is 1.34. The first-order valence-electron chi connectivity index (χ1n) is 5.34. The van der Waals surface area contributed by atoms with Crippen molar-refractivity contribution < 1.29 is 4.74 Å². The average molecular weight is 234 g/mol. The minimum absolute atomic E-state index is 0.530. The molecular formula is C10H14N6O. The maximum atomic E-state index is 5.34. The van der Waals surface area contributed by atoms with Crippen molar-refractivity contribution in [1.82, 2.24) is 25.1 Å². The molecule has 7 nitrogen and oxygen atoms in total. The summed E-state index contributed by atoms with van der Waals surface area (Å²) in [7, 11) is 0. The lowest BCUT2D eigenvalue weighted by molar-refractivity contribution is 0.325. The van der Waals surface area contributed by atoms with E-state index in [9.17, 15) is 0 Å². The average Bonchev–Trinajstić information content (AvgIpc) is 2.79. The summed E-state index contributed by atoms with van der Waals surface area (Å²) in [5.74, 6) is 2.69. The van der Waals surface area contributed by atoms with Gasteiger partial charge in [-0.2, -0.15) is 10.1 Å². The van der Waals surface area contributed by atoms with Crippen molar-refractivity contribution in [3.05, 3.63) is 24.0 Å². The molecule has 90 valence electrons. The second-order valence-corrected chi connectivity index (χ2v) is 3.36. The molecule has 0 aliphatic rings. The molecule has 2 aromatic rings. The summed E-state index contributed by atoms with van der Waals surface area (Å²) in [5, 5.41) is 9.65. The Kier molecular flexibility index (Phi) is 3.49. The number of aromatic nitrogens is 5. The first kappa shape index (κ1) is 11.3. The SMILES string of the molecule is CCOc1cc(NCc2ncn[nH]2)nc(C)n1. The van der Waals surface area contributed by atoms with Crippen LogP contribution in [0.2, 0.25) is 0 Å². The van der Waals surface area contributed by atoms with Crippen LogP contribution in [-0.2, 0) is 6.54 Å². The van der Waals surface area contributed by atoms with Gasteiger partial charge in [-0.3, -0.25) is 5.10 Å². The third-order valence-electron chi connectivity index (χ3n) is 2.01. The van der Waals surface area contributed by atoms with Gasteiger partial charge in [-0.1, -0.05) is 0 Å². The Morgan fingerprint density at radius 2 is 2.29 bits per heavy atom. The van der Waals surface area contributed by atoms with Crippen LogP contribution in [0.3, 0.4) is 0 Å². The molecule has 0 aromatic carbocycles. The fraction of sp³-hybridized carbons (Fsp3) is 0.400. The van der Waals surface area contributed by atoms with Crippen LogP contribution >= 0.6 is 0 Å². The Morgan fingerprint density at radius 1 is 1.41 bits per heavy atom. The summed E-state index contributed by atoms with van der Waals surface area (Å²) < 4.78 is 5.34. The summed E-state index contributed by atoms with van der Waals surface area (Å²) in [6.45, 7) is 4.85. The molecule has 2 rings (SSSR count). The van der Waals surface area contributed by atoms with Gasteiger partial charge in [0, 0.05) is 6.07 Å². The molecule has 0 aliphatic heterocycles. The standard InChI is InChI=1S/C10H14N6O/c1-3-17-10-4-8(14-7(2)15-10)11-5-9-12-6-13-16-9/h4,6H,3,5H2,1-2H3,(H,11,14,15)(H,12,13,16). The monoisotopic (exact) mass is 234 g/mol. The van der Waals surface area contributed by atoms with Crippen molar-refractivity contribution in [3.8, 4) is 5.88 Å². The topological polar surface area (TPSA) is 88.6 Å². The second kappa shape index (κ2) is 5.24. The van der Waals surface area contributed by atoms with E-state index in [1.165, 1.54) is 6.33 Å². The fourth-order valence-electron chi connectivity index (χ4n) is 1.34. The number of hydrogen-bond donors (Lipinski definition) is 2. The maximum Gasteiger partial charge on any atom is 0.218 e. The Bertz CT molecular complexity index is 470. The highest BCUT2D eigenvalue weighted by atomic mass is 16.5. The lowest BCUT2D eigenvalue weighted by Gasteiger charge is -2.07. The van der Waals surface area contributed by atoms with Gasteiger partial charge in [-0.25, -0.2) is 9.97 Å². The normalized spacial score (nSPS) is 10.2. The summed E-state index contributed by atoms with van der Waals surface area (Å²) in [5.41, 5.74) is 0. The number of ether oxygens (including phenoxy) is 1. The van der Waals surface area contributed by atoms with Gasteiger partial charge >= 0.3 is 0 Å². The number of nitrogens with one attached hydrogen (secondary N) is 2. The number of H-pyrrole nitrogens is 1. The van der Waals surface area contributed by atoms with Crippen LogP contribution < -0.4 is 10.1 Å². The number of anilines is 1. The van der Waals surface area contributed by atoms with Gasteiger partial charge in [0.15, 0.2) is 0 Å². The molecule has 0 saturated carbocycles. The van der Waals surface area contributed by atoms with Crippen LogP contribution in [0, 0.1) is 6.92 Å². The zero-order valence-corrected chi connectivity index (χ0v) is 9.77. The van der Waals surface area contributed by atoms with E-state index in [0.717, 1.165) is 5.82 Å². The van der Waals surface area contributed by atoms with E-state index in [0.29, 0.717) is 30.7 Å². The van der Waals surface area contributed by atoms with Gasteiger partial charge in [-0.15, -0.1) is 0 Å². The third-order valence-corrected chi connectivity index (χ3v) is 2.01. The number of nitrogens with zero attached hydrogens (tertiary/aromatic N) is 4. The molecule has 2 aromatic heterocycles. The Morgan fingerprint density at radius 3 is 3.00 bits per heavy atom. The van der Waals surface area contributed by atoms with Crippen molar-refractivity contribution in [2.75, 3.05) is 11.9 Å². The van der Waals surface area contributed by atoms with Crippen LogP contribution in [0.1, 0.15) is 18.6 Å². The van der Waals surface area contributed by atoms with E-state index in [-0.39, 0.29) is 0 Å². The molecule has 0 unspecified atom stereocenters. The first-order valence-corrected chi connectivity index (χ1v) is 5.34. The van der Waals surface area contributed by atoms with Gasteiger partial charge in [0.25, 0.3) is 0 Å². The van der Waals surface area contributed by atoms with Crippen molar-refractivity contribution in [3.63, 3.8) is 0 Å². The van der Waals surface area contributed by atoms with Gasteiger partial charge in [0.2, 0.25) is 5.88 Å². The zero-order chi connectivity index (χ0) is 12.1. The molecule has 0 fully saturated rings. The molecule has 0 aliphatic carbocycles. The van der Waals surface area contributed by atoms with Gasteiger partial charge < -0.3 is 10.1 Å². The zero-order valence-electron chi connectivity index (χ0n) is 9.77. The van der Waals surface area contributed by atoms with Crippen LogP contribution in [-0.4, -0.2) is 31.8 Å². The number of aromatic amines is 1. The summed E-state index contributed by atoms with van der Waals surface area (Å²) in [6, 6.07) is 1.76. The largest absolute Gasteiger partial charge is 0.478 e. The molecule has 0 bridgehead atoms. The Hall–Kier alpha value is -2.18. The smallest absolute Gasteiger partial charge is 0.218 e. The van der Waals surface area contributed by atoms with E-state index in [1.54, 1.807) is 6.07 Å². The van der Waals surface area contributed by atoms with Crippen LogP contribution in [0.4, 0.5) is 5.82 Å². The number of rotatable bonds is 5. The second-order valence-electron chi connectivity index (χ2n) is 3.36. The van der Waals surface area contributed by atoms with Gasteiger partial charge in [0.05, 0.1) is 13.2 Å². The quantitative estimate of drug-likeness (QED) is 0.799. The van der Waals surface area contributed by atoms with Gasteiger partial charge in [-0.05, 0) is 13.8 Å². The maximum absolute atomic E-state index is 5.34. The molecule has 0 atom stereocenters. The van der Waals surface area contributed by atoms with E-state index < -0.39 is 0 Å². The third kappa shape index (κ3) is 3.13. The predicted octanol–water partition coefficient (Wildman–Crippen LogP) is 0.914. The van der Waals surface area contributed by atoms with Crippen LogP contribution in [0.15, 0.2) is 12.4 Å². The first-order chi connectivity index (χ1) is 8.28. The van der Waals surface area contributed by atoms with Crippen LogP contribution in [0.5, 0.6) is 5.88 Å².